The Morgan fingerprint density at radius 1 is 1.50 bits per heavy atom. The first-order chi connectivity index (χ1) is 6.38. The minimum absolute atomic E-state index is 0.0673. The minimum atomic E-state index is -4.31. The molecule has 0 spiro atoms. The molecule has 8 heteroatoms. The zero-order valence-corrected chi connectivity index (χ0v) is 6.97. The number of hydrogen-bond donors (Lipinski definition) is 3. The predicted molar refractivity (Wildman–Crippen MR) is 43.8 cm³/mol. The lowest BCUT2D eigenvalue weighted by molar-refractivity contribution is -0.127. The summed E-state index contributed by atoms with van der Waals surface area (Å²) in [7, 11) is 0. The highest BCUT2D eigenvalue weighted by molar-refractivity contribution is 5.78. The summed E-state index contributed by atoms with van der Waals surface area (Å²) in [5, 5.41) is 5.68. The van der Waals surface area contributed by atoms with Gasteiger partial charge in [-0.05, 0) is 0 Å². The smallest absolute Gasteiger partial charge is 0.370 e. The van der Waals surface area contributed by atoms with Gasteiger partial charge in [-0.3, -0.25) is 5.10 Å². The van der Waals surface area contributed by atoms with Crippen LogP contribution in [0.15, 0.2) is 11.2 Å². The van der Waals surface area contributed by atoms with Crippen LogP contribution < -0.4 is 11.5 Å². The van der Waals surface area contributed by atoms with Crippen molar-refractivity contribution in [2.24, 2.45) is 16.5 Å². The fourth-order valence-corrected chi connectivity index (χ4v) is 0.876. The predicted octanol–water partition coefficient (Wildman–Crippen LogP) is 0.419. The van der Waals surface area contributed by atoms with Gasteiger partial charge in [-0.15, -0.1) is 0 Å². The molecule has 0 aliphatic heterocycles. The number of guanidine groups is 1. The molecular formula is C6H8F3N5. The van der Waals surface area contributed by atoms with E-state index in [9.17, 15) is 13.2 Å². The van der Waals surface area contributed by atoms with Crippen molar-refractivity contribution in [2.45, 2.75) is 12.6 Å². The second kappa shape index (κ2) is 3.56. The first kappa shape index (κ1) is 10.4. The van der Waals surface area contributed by atoms with Crippen molar-refractivity contribution in [1.82, 2.24) is 10.2 Å². The molecule has 5 nitrogen and oxygen atoms in total. The van der Waals surface area contributed by atoms with Crippen molar-refractivity contribution >= 4 is 11.8 Å². The maximum absolute atomic E-state index is 12.0. The van der Waals surface area contributed by atoms with Gasteiger partial charge >= 0.3 is 6.18 Å². The van der Waals surface area contributed by atoms with Gasteiger partial charge in [0.1, 0.15) is 0 Å². The maximum Gasteiger partial charge on any atom is 0.393 e. The highest BCUT2D eigenvalue weighted by atomic mass is 19.4. The van der Waals surface area contributed by atoms with Crippen LogP contribution in [0.3, 0.4) is 0 Å². The van der Waals surface area contributed by atoms with Gasteiger partial charge in [-0.2, -0.15) is 23.3 Å². The van der Waals surface area contributed by atoms with E-state index < -0.39 is 12.6 Å². The van der Waals surface area contributed by atoms with E-state index in [-0.39, 0.29) is 17.3 Å². The normalized spacial score (nSPS) is 11.4. The Labute approximate surface area is 77.0 Å². The van der Waals surface area contributed by atoms with Crippen LogP contribution in [0.5, 0.6) is 0 Å². The third-order valence-electron chi connectivity index (χ3n) is 1.33. The average Bonchev–Trinajstić information content (AvgIpc) is 2.32. The molecular weight excluding hydrogens is 199 g/mol. The van der Waals surface area contributed by atoms with Crippen LogP contribution in [0.4, 0.5) is 19.0 Å². The molecule has 0 radical (unpaired) electrons. The molecule has 1 aromatic rings. The van der Waals surface area contributed by atoms with Crippen LogP contribution >= 0.6 is 0 Å². The van der Waals surface area contributed by atoms with Crippen molar-refractivity contribution < 1.29 is 13.2 Å². The summed E-state index contributed by atoms with van der Waals surface area (Å²) in [5.74, 6) is -0.389. The molecule has 0 saturated carbocycles. The first-order valence-electron chi connectivity index (χ1n) is 3.57. The number of aromatic amines is 1. The quantitative estimate of drug-likeness (QED) is 0.484. The van der Waals surface area contributed by atoms with E-state index in [1.54, 1.807) is 0 Å². The molecule has 0 aromatic carbocycles. The monoisotopic (exact) mass is 207 g/mol. The number of hydrogen-bond acceptors (Lipinski definition) is 2. The topological polar surface area (TPSA) is 93.1 Å². The van der Waals surface area contributed by atoms with E-state index in [2.05, 4.69) is 15.2 Å². The molecule has 0 amide bonds. The first-order valence-corrected chi connectivity index (χ1v) is 3.57. The summed E-state index contributed by atoms with van der Waals surface area (Å²) in [6, 6.07) is 0. The summed E-state index contributed by atoms with van der Waals surface area (Å²) < 4.78 is 36.0. The highest BCUT2D eigenvalue weighted by Gasteiger charge is 2.29. The van der Waals surface area contributed by atoms with Gasteiger partial charge in [0.15, 0.2) is 11.8 Å². The van der Waals surface area contributed by atoms with E-state index in [0.717, 1.165) is 6.20 Å². The zero-order chi connectivity index (χ0) is 10.8. The highest BCUT2D eigenvalue weighted by Crippen LogP contribution is 2.25. The van der Waals surface area contributed by atoms with Crippen LogP contribution in [0.25, 0.3) is 0 Å². The van der Waals surface area contributed by atoms with E-state index in [1.807, 2.05) is 0 Å². The lowest BCUT2D eigenvalue weighted by Crippen LogP contribution is -2.22. The van der Waals surface area contributed by atoms with Gasteiger partial charge in [-0.1, -0.05) is 0 Å². The number of H-pyrrole nitrogens is 1. The van der Waals surface area contributed by atoms with Gasteiger partial charge in [0.05, 0.1) is 12.6 Å². The van der Waals surface area contributed by atoms with Crippen LogP contribution in [0.1, 0.15) is 5.56 Å². The number of aromatic nitrogens is 2. The van der Waals surface area contributed by atoms with Crippen LogP contribution in [-0.4, -0.2) is 22.3 Å². The Bertz CT molecular complexity index is 335. The van der Waals surface area contributed by atoms with Gasteiger partial charge < -0.3 is 11.5 Å². The van der Waals surface area contributed by atoms with Gasteiger partial charge in [0.2, 0.25) is 0 Å². The molecule has 1 aromatic heterocycles. The van der Waals surface area contributed by atoms with E-state index >= 15 is 0 Å². The molecule has 78 valence electrons. The second-order valence-electron chi connectivity index (χ2n) is 2.57. The van der Waals surface area contributed by atoms with Crippen LogP contribution in [0.2, 0.25) is 0 Å². The standard InChI is InChI=1S/C6H8F3N5/c7-6(8,9)1-3-2-12-14-4(3)13-5(10)11/h2H,1H2,(H5,10,11,12,13,14). The zero-order valence-electron chi connectivity index (χ0n) is 6.97. The third-order valence-corrected chi connectivity index (χ3v) is 1.33. The largest absolute Gasteiger partial charge is 0.393 e. The molecule has 0 aliphatic carbocycles. The van der Waals surface area contributed by atoms with Crippen molar-refractivity contribution in [3.8, 4) is 0 Å². The Morgan fingerprint density at radius 3 is 2.64 bits per heavy atom. The number of halogens is 3. The van der Waals surface area contributed by atoms with Crippen molar-refractivity contribution in [3.05, 3.63) is 11.8 Å². The molecule has 0 unspecified atom stereocenters. The average molecular weight is 207 g/mol. The summed E-state index contributed by atoms with van der Waals surface area (Å²) in [4.78, 5) is 3.46. The molecule has 0 bridgehead atoms. The number of nitrogens with two attached hydrogens (primary N) is 2. The molecule has 1 rings (SSSR count). The minimum Gasteiger partial charge on any atom is -0.370 e. The lowest BCUT2D eigenvalue weighted by Gasteiger charge is -2.03. The van der Waals surface area contributed by atoms with Gasteiger partial charge in [0, 0.05) is 5.56 Å². The van der Waals surface area contributed by atoms with E-state index in [0.29, 0.717) is 0 Å². The molecule has 0 aliphatic rings. The summed E-state index contributed by atoms with van der Waals surface area (Å²) >= 11 is 0. The van der Waals surface area contributed by atoms with Crippen molar-refractivity contribution in [1.29, 1.82) is 0 Å². The van der Waals surface area contributed by atoms with Crippen molar-refractivity contribution in [3.63, 3.8) is 0 Å². The fraction of sp³-hybridized carbons (Fsp3) is 0.333. The number of nitrogens with one attached hydrogen (secondary N) is 1. The lowest BCUT2D eigenvalue weighted by atomic mass is 10.2. The fourth-order valence-electron chi connectivity index (χ4n) is 0.876. The maximum atomic E-state index is 12.0. The Kier molecular flexibility index (Phi) is 2.63. The van der Waals surface area contributed by atoms with E-state index in [1.165, 1.54) is 0 Å². The number of alkyl halides is 3. The molecule has 14 heavy (non-hydrogen) atoms. The summed E-state index contributed by atoms with van der Waals surface area (Å²) in [5.41, 5.74) is 9.94. The molecule has 5 N–H and O–H groups in total. The number of rotatable bonds is 2. The Hall–Kier alpha value is -1.73. The third kappa shape index (κ3) is 2.96. The van der Waals surface area contributed by atoms with E-state index in [4.69, 9.17) is 11.5 Å². The second-order valence-corrected chi connectivity index (χ2v) is 2.57. The number of nitrogens with zero attached hydrogens (tertiary/aromatic N) is 2. The molecule has 1 heterocycles. The molecule has 0 atom stereocenters. The Morgan fingerprint density at radius 2 is 2.14 bits per heavy atom. The number of aliphatic imine (C=N–C) groups is 1. The Balaban J connectivity index is 2.88. The summed E-state index contributed by atoms with van der Waals surface area (Å²) in [6.07, 6.45) is -4.39. The van der Waals surface area contributed by atoms with Gasteiger partial charge in [0.25, 0.3) is 0 Å². The molecule has 0 fully saturated rings. The SMILES string of the molecule is NC(N)=Nc1[nH]ncc1CC(F)(F)F. The van der Waals surface area contributed by atoms with Crippen LogP contribution in [-0.2, 0) is 6.42 Å². The van der Waals surface area contributed by atoms with Gasteiger partial charge in [-0.25, -0.2) is 0 Å². The van der Waals surface area contributed by atoms with Crippen molar-refractivity contribution in [2.75, 3.05) is 0 Å². The summed E-state index contributed by atoms with van der Waals surface area (Å²) in [6.45, 7) is 0. The van der Waals surface area contributed by atoms with Crippen LogP contribution in [0, 0.1) is 0 Å². The molecule has 0 saturated heterocycles.